The fraction of sp³-hybridized carbons (Fsp3) is 0.464. The Balaban J connectivity index is 1.58. The molecule has 3 heterocycles. The van der Waals surface area contributed by atoms with Crippen LogP contribution < -0.4 is 0 Å². The molecule has 0 spiro atoms. The maximum atomic E-state index is 14.4. The number of hydrazine groups is 1. The van der Waals surface area contributed by atoms with Gasteiger partial charge in [-0.15, -0.1) is 0 Å². The summed E-state index contributed by atoms with van der Waals surface area (Å²) in [5.74, 6) is -4.25. The molecule has 2 aromatic rings. The summed E-state index contributed by atoms with van der Waals surface area (Å²) < 4.78 is 38.2. The number of piperidine rings is 1. The summed E-state index contributed by atoms with van der Waals surface area (Å²) in [4.78, 5) is 61.1. The lowest BCUT2D eigenvalue weighted by molar-refractivity contribution is -0.150. The molecule has 42 heavy (non-hydrogen) atoms. The normalized spacial score (nSPS) is 20.5. The number of halogens is 2. The number of esters is 1. The van der Waals surface area contributed by atoms with Crippen LogP contribution in [0.2, 0.25) is 0 Å². The minimum Gasteiger partial charge on any atom is -0.468 e. The van der Waals surface area contributed by atoms with Gasteiger partial charge in [-0.3, -0.25) is 14.6 Å². The van der Waals surface area contributed by atoms with E-state index in [1.807, 2.05) is 23.1 Å². The van der Waals surface area contributed by atoms with Gasteiger partial charge in [0.2, 0.25) is 6.41 Å². The van der Waals surface area contributed by atoms with Crippen molar-refractivity contribution in [3.05, 3.63) is 70.4 Å². The summed E-state index contributed by atoms with van der Waals surface area (Å²) in [5.41, 5.74) is 0.988. The van der Waals surface area contributed by atoms with E-state index < -0.39 is 41.6 Å². The number of likely N-dealkylation sites (tertiary alicyclic amines) is 1. The van der Waals surface area contributed by atoms with Crippen molar-refractivity contribution in [1.82, 2.24) is 19.9 Å². The largest absolute Gasteiger partial charge is 0.468 e. The van der Waals surface area contributed by atoms with Crippen molar-refractivity contribution < 1.29 is 32.6 Å². The lowest BCUT2D eigenvalue weighted by atomic mass is 9.87. The lowest BCUT2D eigenvalue weighted by Gasteiger charge is -2.43. The van der Waals surface area contributed by atoms with E-state index in [1.165, 1.54) is 13.2 Å². The molecular weight excluding hydrogens is 554 g/mol. The summed E-state index contributed by atoms with van der Waals surface area (Å²) in [5, 5.41) is 4.95. The number of benzene rings is 1. The van der Waals surface area contributed by atoms with E-state index >= 15 is 0 Å². The first kappa shape index (κ1) is 30.8. The molecule has 0 bridgehead atoms. The van der Waals surface area contributed by atoms with E-state index in [2.05, 4.69) is 15.2 Å². The minimum absolute atomic E-state index is 0.000194. The number of nitrogens with zero attached hydrogens (tertiary/aromatic N) is 6. The summed E-state index contributed by atoms with van der Waals surface area (Å²) in [6.07, 6.45) is 3.70. The maximum absolute atomic E-state index is 14.4. The van der Waals surface area contributed by atoms with Crippen molar-refractivity contribution in [1.29, 1.82) is 0 Å². The van der Waals surface area contributed by atoms with Crippen molar-refractivity contribution in [3.63, 3.8) is 0 Å². The molecule has 3 unspecified atom stereocenters. The molecule has 0 radical (unpaired) electrons. The van der Waals surface area contributed by atoms with Crippen LogP contribution in [-0.4, -0.2) is 97.1 Å². The van der Waals surface area contributed by atoms with Gasteiger partial charge in [0.1, 0.15) is 12.0 Å². The van der Waals surface area contributed by atoms with Crippen molar-refractivity contribution in [2.45, 2.75) is 30.8 Å². The molecule has 1 aromatic heterocycles. The van der Waals surface area contributed by atoms with E-state index in [4.69, 9.17) is 9.47 Å². The smallest absolute Gasteiger partial charge is 0.363 e. The number of amides is 3. The van der Waals surface area contributed by atoms with Crippen molar-refractivity contribution in [3.8, 4) is 0 Å². The number of urea groups is 1. The first-order valence-corrected chi connectivity index (χ1v) is 13.4. The number of methoxy groups -OCH3 is 2. The van der Waals surface area contributed by atoms with Crippen molar-refractivity contribution in [2.24, 2.45) is 16.1 Å². The molecule has 2 aliphatic heterocycles. The van der Waals surface area contributed by atoms with Gasteiger partial charge < -0.3 is 14.4 Å². The average Bonchev–Trinajstić information content (AvgIpc) is 3.01. The monoisotopic (exact) mass is 586 g/mol. The maximum Gasteiger partial charge on any atom is 0.363 e. The van der Waals surface area contributed by atoms with Gasteiger partial charge in [-0.2, -0.15) is 9.90 Å². The number of hydrogen-bond donors (Lipinski definition) is 0. The summed E-state index contributed by atoms with van der Waals surface area (Å²) in [7, 11) is 2.45. The molecule has 4 rings (SSSR count). The predicted octanol–water partition coefficient (Wildman–Crippen LogP) is 3.10. The predicted molar refractivity (Wildman–Crippen MR) is 146 cm³/mol. The Morgan fingerprint density at radius 1 is 1.19 bits per heavy atom. The Bertz CT molecular complexity index is 1310. The van der Waals surface area contributed by atoms with Gasteiger partial charge in [0.05, 0.1) is 32.0 Å². The van der Waals surface area contributed by atoms with Crippen molar-refractivity contribution >= 4 is 24.1 Å². The number of nitroso groups, excluding NO2 is 1. The molecule has 14 heteroatoms. The van der Waals surface area contributed by atoms with E-state index in [-0.39, 0.29) is 36.9 Å². The van der Waals surface area contributed by atoms with Crippen LogP contribution in [0, 0.1) is 22.5 Å². The summed E-state index contributed by atoms with van der Waals surface area (Å²) >= 11 is 0. The SMILES string of the molecule is COCC1=NC(=O)N(N(C=O)CC(CN2CCC(c3ccccn3)CC2)N=O)C(c2ccc(F)c(F)c2)C1C(=O)OC. The first-order valence-electron chi connectivity index (χ1n) is 13.4. The summed E-state index contributed by atoms with van der Waals surface area (Å²) in [6.45, 7) is 0.974. The quantitative estimate of drug-likeness (QED) is 0.210. The molecule has 1 saturated heterocycles. The second kappa shape index (κ2) is 14.1. The van der Waals surface area contributed by atoms with E-state index in [9.17, 15) is 28.1 Å². The van der Waals surface area contributed by atoms with Crippen LogP contribution >= 0.6 is 0 Å². The lowest BCUT2D eigenvalue weighted by Crippen LogP contribution is -2.57. The number of carbonyl (C=O) groups is 3. The third kappa shape index (κ3) is 6.82. The van der Waals surface area contributed by atoms with Crippen LogP contribution in [0.25, 0.3) is 0 Å². The first-order chi connectivity index (χ1) is 20.3. The Kier molecular flexibility index (Phi) is 10.4. The number of ether oxygens (including phenoxy) is 2. The number of hydrogen-bond acceptors (Lipinski definition) is 9. The molecule has 3 atom stereocenters. The Morgan fingerprint density at radius 3 is 2.55 bits per heavy atom. The standard InChI is InChI=1S/C28H32F2N6O6/c1-41-16-24-25(27(38)42-2)26(19-6-7-21(29)22(30)13-19)36(28(39)32-24)35(17-37)15-20(33-40)14-34-11-8-18(9-12-34)23-5-3-4-10-31-23/h3-7,10,13,17-18,20,25-26H,8-9,11-12,14-16H2,1-2H3. The molecular formula is C28H32F2N6O6. The van der Waals surface area contributed by atoms with Gasteiger partial charge in [0, 0.05) is 31.5 Å². The topological polar surface area (TPSA) is 134 Å². The molecule has 1 fully saturated rings. The molecule has 2 aliphatic rings. The zero-order valence-electron chi connectivity index (χ0n) is 23.3. The van der Waals surface area contributed by atoms with Gasteiger partial charge in [0.15, 0.2) is 11.6 Å². The van der Waals surface area contributed by atoms with E-state index in [0.29, 0.717) is 19.5 Å². The second-order valence-electron chi connectivity index (χ2n) is 10.1. The van der Waals surface area contributed by atoms with Crippen LogP contribution in [0.1, 0.15) is 36.1 Å². The molecule has 3 amide bonds. The Morgan fingerprint density at radius 2 is 1.95 bits per heavy atom. The highest BCUT2D eigenvalue weighted by Gasteiger charge is 2.47. The highest BCUT2D eigenvalue weighted by atomic mass is 19.2. The average molecular weight is 587 g/mol. The van der Waals surface area contributed by atoms with Gasteiger partial charge >= 0.3 is 12.0 Å². The molecule has 0 aliphatic carbocycles. The van der Waals surface area contributed by atoms with Gasteiger partial charge in [-0.05, 0) is 55.8 Å². The van der Waals surface area contributed by atoms with Crippen LogP contribution in [0.5, 0.6) is 0 Å². The second-order valence-corrected chi connectivity index (χ2v) is 10.1. The van der Waals surface area contributed by atoms with Gasteiger partial charge in [-0.1, -0.05) is 17.3 Å². The number of rotatable bonds is 12. The number of pyridine rings is 1. The Hall–Kier alpha value is -4.17. The zero-order chi connectivity index (χ0) is 30.2. The molecule has 224 valence electrons. The molecule has 12 nitrogen and oxygen atoms in total. The Labute approximate surface area is 241 Å². The van der Waals surface area contributed by atoms with E-state index in [1.54, 1.807) is 6.20 Å². The summed E-state index contributed by atoms with van der Waals surface area (Å²) in [6, 6.07) is 5.37. The van der Waals surface area contributed by atoms with Crippen molar-refractivity contribution in [2.75, 3.05) is 47.0 Å². The minimum atomic E-state index is -1.37. The van der Waals surface area contributed by atoms with Crippen LogP contribution in [0.15, 0.2) is 52.8 Å². The fourth-order valence-electron chi connectivity index (χ4n) is 5.50. The van der Waals surface area contributed by atoms with E-state index in [0.717, 1.165) is 47.8 Å². The van der Waals surface area contributed by atoms with Gasteiger partial charge in [0.25, 0.3) is 0 Å². The zero-order valence-corrected chi connectivity index (χ0v) is 23.3. The highest BCUT2D eigenvalue weighted by Crippen LogP contribution is 2.37. The number of carbonyl (C=O) groups excluding carboxylic acids is 3. The third-order valence-corrected chi connectivity index (χ3v) is 7.51. The van der Waals surface area contributed by atoms with Crippen LogP contribution in [0.4, 0.5) is 13.6 Å². The molecule has 1 aromatic carbocycles. The highest BCUT2D eigenvalue weighted by molar-refractivity contribution is 6.10. The fourth-order valence-corrected chi connectivity index (χ4v) is 5.50. The molecule has 0 N–H and O–H groups in total. The number of aromatic nitrogens is 1. The van der Waals surface area contributed by atoms with Crippen LogP contribution in [-0.2, 0) is 19.1 Å². The van der Waals surface area contributed by atoms with Crippen LogP contribution in [0.3, 0.4) is 0 Å². The molecule has 0 saturated carbocycles. The number of aliphatic imine (C=N–C) groups is 1. The third-order valence-electron chi connectivity index (χ3n) is 7.51. The van der Waals surface area contributed by atoms with Gasteiger partial charge in [-0.25, -0.2) is 23.6 Å².